The number of aryl methyl sites for hydroxylation is 1. The van der Waals surface area contributed by atoms with Crippen LogP contribution >= 0.6 is 0 Å². The molecule has 1 unspecified atom stereocenters. The summed E-state index contributed by atoms with van der Waals surface area (Å²) in [5.74, 6) is 0.472. The zero-order chi connectivity index (χ0) is 17.3. The fourth-order valence-corrected chi connectivity index (χ4v) is 2.75. The molecular formula is C17H21N5O2. The fourth-order valence-electron chi connectivity index (χ4n) is 2.75. The molecule has 0 spiro atoms. The highest BCUT2D eigenvalue weighted by molar-refractivity contribution is 5.75. The summed E-state index contributed by atoms with van der Waals surface area (Å²) in [4.78, 5) is 15.5. The number of rotatable bonds is 5. The Morgan fingerprint density at radius 2 is 2.25 bits per heavy atom. The maximum Gasteiger partial charge on any atom is 0.221 e. The van der Waals surface area contributed by atoms with E-state index in [1.807, 2.05) is 30.1 Å². The first kappa shape index (κ1) is 16.2. The van der Waals surface area contributed by atoms with Crippen LogP contribution < -0.4 is 5.73 Å². The van der Waals surface area contributed by atoms with Crippen LogP contribution in [0.2, 0.25) is 0 Å². The fraction of sp³-hybridized carbons (Fsp3) is 0.412. The molecule has 3 rings (SSSR count). The molecule has 1 atom stereocenters. The van der Waals surface area contributed by atoms with Gasteiger partial charge in [0.2, 0.25) is 11.8 Å². The number of carbonyl (C=O) groups is 1. The van der Waals surface area contributed by atoms with Crippen LogP contribution in [0.25, 0.3) is 11.1 Å². The van der Waals surface area contributed by atoms with E-state index < -0.39 is 0 Å². The third-order valence-corrected chi connectivity index (χ3v) is 3.92. The van der Waals surface area contributed by atoms with Gasteiger partial charge in [-0.1, -0.05) is 25.1 Å². The van der Waals surface area contributed by atoms with Gasteiger partial charge in [0.05, 0.1) is 12.2 Å². The van der Waals surface area contributed by atoms with Gasteiger partial charge in [0, 0.05) is 6.42 Å². The van der Waals surface area contributed by atoms with Gasteiger partial charge in [0.25, 0.3) is 0 Å². The molecule has 1 aliphatic rings. The van der Waals surface area contributed by atoms with Crippen LogP contribution in [-0.2, 0) is 4.79 Å². The first-order valence-electron chi connectivity index (χ1n) is 7.97. The van der Waals surface area contributed by atoms with Gasteiger partial charge >= 0.3 is 0 Å². The van der Waals surface area contributed by atoms with Crippen molar-refractivity contribution in [1.29, 1.82) is 0 Å². The number of nitrogens with two attached hydrogens (primary N) is 1. The van der Waals surface area contributed by atoms with Crippen molar-refractivity contribution in [2.75, 3.05) is 6.54 Å². The highest BCUT2D eigenvalue weighted by atomic mass is 16.4. The second-order valence-electron chi connectivity index (χ2n) is 6.37. The molecule has 0 bridgehead atoms. The van der Waals surface area contributed by atoms with E-state index in [0.717, 1.165) is 22.4 Å². The number of primary amides is 1. The van der Waals surface area contributed by atoms with Crippen LogP contribution in [0.3, 0.4) is 0 Å². The lowest BCUT2D eigenvalue weighted by Crippen LogP contribution is -2.26. The maximum absolute atomic E-state index is 10.9. The molecule has 0 radical (unpaired) electrons. The van der Waals surface area contributed by atoms with Crippen molar-refractivity contribution < 1.29 is 9.21 Å². The van der Waals surface area contributed by atoms with Crippen LogP contribution in [0.1, 0.15) is 37.8 Å². The lowest BCUT2D eigenvalue weighted by Gasteiger charge is -2.25. The highest BCUT2D eigenvalue weighted by Crippen LogP contribution is 2.33. The van der Waals surface area contributed by atoms with E-state index in [9.17, 15) is 4.79 Å². The summed E-state index contributed by atoms with van der Waals surface area (Å²) in [6.07, 6.45) is 1.87. The van der Waals surface area contributed by atoms with Gasteiger partial charge < -0.3 is 10.2 Å². The average molecular weight is 327 g/mol. The van der Waals surface area contributed by atoms with Crippen LogP contribution in [0, 0.1) is 12.8 Å². The Kier molecular flexibility index (Phi) is 4.33. The van der Waals surface area contributed by atoms with Crippen molar-refractivity contribution in [2.45, 2.75) is 33.2 Å². The largest absolute Gasteiger partial charge is 0.438 e. The van der Waals surface area contributed by atoms with E-state index in [2.05, 4.69) is 29.2 Å². The summed E-state index contributed by atoms with van der Waals surface area (Å²) < 4.78 is 5.97. The first-order chi connectivity index (χ1) is 11.4. The Balaban J connectivity index is 1.86. The minimum atomic E-state index is -0.383. The molecule has 2 N–H and O–H groups in total. The van der Waals surface area contributed by atoms with Gasteiger partial charge in [0.1, 0.15) is 11.6 Å². The van der Waals surface area contributed by atoms with Crippen LogP contribution in [0.5, 0.6) is 0 Å². The Hall–Kier alpha value is -2.70. The predicted octanol–water partition coefficient (Wildman–Crippen LogP) is 3.28. The van der Waals surface area contributed by atoms with Gasteiger partial charge in [-0.15, -0.1) is 5.11 Å². The number of oxazole rings is 1. The smallest absolute Gasteiger partial charge is 0.221 e. The molecule has 1 amide bonds. The summed E-state index contributed by atoms with van der Waals surface area (Å²) in [7, 11) is 0. The molecule has 0 aliphatic carbocycles. The number of carbonyl (C=O) groups excluding carboxylic acids is 1. The average Bonchev–Trinajstić information content (AvgIpc) is 3.11. The van der Waals surface area contributed by atoms with Gasteiger partial charge in [-0.25, -0.2) is 4.98 Å². The van der Waals surface area contributed by atoms with E-state index >= 15 is 0 Å². The molecule has 0 fully saturated rings. The van der Waals surface area contributed by atoms with E-state index in [0.29, 0.717) is 12.4 Å². The molecule has 7 heteroatoms. The topological polar surface area (TPSA) is 97.1 Å². The third kappa shape index (κ3) is 3.29. The molecule has 0 saturated heterocycles. The van der Waals surface area contributed by atoms with E-state index in [-0.39, 0.29) is 24.3 Å². The van der Waals surface area contributed by atoms with Gasteiger partial charge in [0.15, 0.2) is 5.58 Å². The minimum Gasteiger partial charge on any atom is -0.438 e. The zero-order valence-corrected chi connectivity index (χ0v) is 14.1. The first-order valence-corrected chi connectivity index (χ1v) is 7.97. The molecule has 0 saturated carbocycles. The lowest BCUT2D eigenvalue weighted by atomic mass is 10.0. The molecule has 2 aromatic rings. The van der Waals surface area contributed by atoms with Gasteiger partial charge in [-0.3, -0.25) is 9.80 Å². The highest BCUT2D eigenvalue weighted by Gasteiger charge is 2.31. The van der Waals surface area contributed by atoms with Gasteiger partial charge in [-0.05, 0) is 36.6 Å². The van der Waals surface area contributed by atoms with Crippen LogP contribution in [0.4, 0.5) is 0 Å². The predicted molar refractivity (Wildman–Crippen MR) is 89.8 cm³/mol. The monoisotopic (exact) mass is 327 g/mol. The summed E-state index contributed by atoms with van der Waals surface area (Å²) in [5.41, 5.74) is 8.63. The third-order valence-electron chi connectivity index (χ3n) is 3.92. The van der Waals surface area contributed by atoms with E-state index in [1.54, 1.807) is 6.08 Å². The SMILES string of the molecule is Cc1ccc2nc(C(C(C)C)N3C/C(=C/CC(N)=O)N=N3)oc2c1. The molecule has 126 valence electrons. The zero-order valence-electron chi connectivity index (χ0n) is 14.1. The second kappa shape index (κ2) is 6.43. The standard InChI is InChI=1S/C17H21N5O2/c1-10(2)16(22-9-12(20-21-22)5-7-15(18)23)17-19-13-6-4-11(3)8-14(13)24-17/h4-6,8,10,16H,7,9H2,1-3H3,(H2,18,23)/b12-5-. The Bertz CT molecular complexity index is 821. The van der Waals surface area contributed by atoms with Crippen molar-refractivity contribution in [3.63, 3.8) is 0 Å². The maximum atomic E-state index is 10.9. The van der Waals surface area contributed by atoms with Crippen molar-refractivity contribution in [3.8, 4) is 0 Å². The Labute approximate surface area is 140 Å². The molecule has 2 heterocycles. The van der Waals surface area contributed by atoms with Crippen LogP contribution in [0.15, 0.2) is 44.7 Å². The lowest BCUT2D eigenvalue weighted by molar-refractivity contribution is -0.117. The number of nitrogens with zero attached hydrogens (tertiary/aromatic N) is 4. The molecule has 24 heavy (non-hydrogen) atoms. The number of hydrogen-bond donors (Lipinski definition) is 1. The van der Waals surface area contributed by atoms with Crippen molar-refractivity contribution in [3.05, 3.63) is 41.4 Å². The second-order valence-corrected chi connectivity index (χ2v) is 6.37. The van der Waals surface area contributed by atoms with Crippen molar-refractivity contribution >= 4 is 17.0 Å². The minimum absolute atomic E-state index is 0.124. The normalized spacial score (nSPS) is 17.3. The van der Waals surface area contributed by atoms with Crippen LogP contribution in [-0.4, -0.2) is 22.4 Å². The molecular weight excluding hydrogens is 306 g/mol. The number of benzene rings is 1. The van der Waals surface area contributed by atoms with Crippen molar-refractivity contribution in [2.24, 2.45) is 22.0 Å². The van der Waals surface area contributed by atoms with Crippen molar-refractivity contribution in [1.82, 2.24) is 9.99 Å². The Morgan fingerprint density at radius 1 is 1.46 bits per heavy atom. The van der Waals surface area contributed by atoms with E-state index in [4.69, 9.17) is 10.2 Å². The summed E-state index contributed by atoms with van der Waals surface area (Å²) in [6.45, 7) is 6.71. The molecule has 1 aromatic heterocycles. The molecule has 1 aromatic carbocycles. The number of fused-ring (bicyclic) bond motifs is 1. The molecule has 1 aliphatic heterocycles. The summed E-state index contributed by atoms with van der Waals surface area (Å²) in [5, 5.41) is 10.2. The number of aromatic nitrogens is 1. The number of hydrogen-bond acceptors (Lipinski definition) is 6. The van der Waals surface area contributed by atoms with Gasteiger partial charge in [-0.2, -0.15) is 0 Å². The summed E-state index contributed by atoms with van der Waals surface area (Å²) >= 11 is 0. The number of amides is 1. The molecule has 7 nitrogen and oxygen atoms in total. The summed E-state index contributed by atoms with van der Waals surface area (Å²) in [6, 6.07) is 5.83. The quantitative estimate of drug-likeness (QED) is 0.911. The van der Waals surface area contributed by atoms with E-state index in [1.165, 1.54) is 0 Å². The Morgan fingerprint density at radius 3 is 2.96 bits per heavy atom.